The van der Waals surface area contributed by atoms with Gasteiger partial charge in [0, 0.05) is 0 Å². The van der Waals surface area contributed by atoms with Gasteiger partial charge >= 0.3 is 6.18 Å². The summed E-state index contributed by atoms with van der Waals surface area (Å²) in [4.78, 5) is 0.432. The first-order valence-electron chi connectivity index (χ1n) is 6.04. The van der Waals surface area contributed by atoms with Gasteiger partial charge in [-0.1, -0.05) is 12.1 Å². The van der Waals surface area contributed by atoms with Crippen LogP contribution in [-0.2, 0) is 0 Å². The maximum Gasteiger partial charge on any atom is 0.408 e. The number of hydrogen-bond acceptors (Lipinski definition) is 4. The van der Waals surface area contributed by atoms with Crippen LogP contribution in [0.15, 0.2) is 40.6 Å². The van der Waals surface area contributed by atoms with Gasteiger partial charge in [-0.3, -0.25) is 0 Å². The molecule has 22 heavy (non-hydrogen) atoms. The molecule has 0 N–H and O–H groups in total. The third kappa shape index (κ3) is 4.00. The fourth-order valence-electron chi connectivity index (χ4n) is 1.87. The summed E-state index contributed by atoms with van der Waals surface area (Å²) in [5.41, 5.74) is -0.0408. The Morgan fingerprint density at radius 3 is 2.32 bits per heavy atom. The third-order valence-electron chi connectivity index (χ3n) is 2.78. The molecule has 0 aliphatic carbocycles. The lowest BCUT2D eigenvalue weighted by atomic mass is 10.1. The molecule has 2 rings (SSSR count). The average Bonchev–Trinajstić information content (AvgIpc) is 2.87. The van der Waals surface area contributed by atoms with Gasteiger partial charge in [-0.25, -0.2) is 8.70 Å². The van der Waals surface area contributed by atoms with Crippen molar-refractivity contribution in [1.82, 2.24) is 4.31 Å². The van der Waals surface area contributed by atoms with Crippen LogP contribution in [-0.4, -0.2) is 17.5 Å². The van der Waals surface area contributed by atoms with Crippen molar-refractivity contribution in [3.05, 3.63) is 52.7 Å². The Labute approximate surface area is 133 Å². The van der Waals surface area contributed by atoms with E-state index < -0.39 is 18.0 Å². The van der Waals surface area contributed by atoms with E-state index in [9.17, 15) is 17.6 Å². The standard InChI is InChI=1S/C14H10F4N2S2/c1-20(22-12-7-6-11(8-19)21-12)13(14(16,17)18)9-2-4-10(15)5-3-9/h2-7,13H,1H3. The normalized spacial score (nSPS) is 13.1. The lowest BCUT2D eigenvalue weighted by molar-refractivity contribution is -0.169. The zero-order valence-electron chi connectivity index (χ0n) is 11.3. The van der Waals surface area contributed by atoms with Gasteiger partial charge in [0.05, 0.1) is 4.21 Å². The smallest absolute Gasteiger partial charge is 0.232 e. The SMILES string of the molecule is CN(Sc1ccc(C#N)s1)C(c1ccc(F)cc1)C(F)(F)F. The summed E-state index contributed by atoms with van der Waals surface area (Å²) >= 11 is 2.02. The van der Waals surface area contributed by atoms with Crippen LogP contribution in [0.25, 0.3) is 0 Å². The Bertz CT molecular complexity index is 673. The van der Waals surface area contributed by atoms with E-state index in [1.807, 2.05) is 6.07 Å². The molecule has 1 heterocycles. The van der Waals surface area contributed by atoms with E-state index in [4.69, 9.17) is 5.26 Å². The fraction of sp³-hybridized carbons (Fsp3) is 0.214. The second kappa shape index (κ2) is 6.69. The van der Waals surface area contributed by atoms with Crippen LogP contribution < -0.4 is 0 Å². The van der Waals surface area contributed by atoms with Gasteiger partial charge in [0.15, 0.2) is 0 Å². The Morgan fingerprint density at radius 2 is 1.82 bits per heavy atom. The summed E-state index contributed by atoms with van der Waals surface area (Å²) < 4.78 is 54.5. The summed E-state index contributed by atoms with van der Waals surface area (Å²) in [6.07, 6.45) is -4.51. The minimum absolute atomic E-state index is 0.0408. The molecule has 0 saturated carbocycles. The molecule has 1 aromatic carbocycles. The molecule has 8 heteroatoms. The second-order valence-electron chi connectivity index (χ2n) is 4.36. The molecule has 0 fully saturated rings. The molecule has 1 unspecified atom stereocenters. The van der Waals surface area contributed by atoms with Crippen molar-refractivity contribution in [2.75, 3.05) is 7.05 Å². The summed E-state index contributed by atoms with van der Waals surface area (Å²) in [7, 11) is 1.32. The van der Waals surface area contributed by atoms with Gasteiger partial charge in [0.1, 0.15) is 22.8 Å². The summed E-state index contributed by atoms with van der Waals surface area (Å²) in [6.45, 7) is 0. The van der Waals surface area contributed by atoms with Crippen LogP contribution in [0, 0.1) is 17.1 Å². The molecule has 2 aromatic rings. The number of benzene rings is 1. The number of thiophene rings is 1. The Balaban J connectivity index is 2.25. The highest BCUT2D eigenvalue weighted by Gasteiger charge is 2.44. The molecule has 0 bridgehead atoms. The Morgan fingerprint density at radius 1 is 1.18 bits per heavy atom. The summed E-state index contributed by atoms with van der Waals surface area (Å²) in [5.74, 6) is -0.586. The third-order valence-corrected chi connectivity index (χ3v) is 4.86. The minimum atomic E-state index is -4.51. The molecule has 116 valence electrons. The van der Waals surface area contributed by atoms with Crippen LogP contribution in [0.1, 0.15) is 16.5 Å². The van der Waals surface area contributed by atoms with Gasteiger partial charge in [-0.15, -0.1) is 11.3 Å². The molecular formula is C14H10F4N2S2. The predicted octanol–water partition coefficient (Wildman–Crippen LogP) is 5.00. The van der Waals surface area contributed by atoms with Crippen molar-refractivity contribution in [3.8, 4) is 6.07 Å². The van der Waals surface area contributed by atoms with Crippen molar-refractivity contribution in [2.24, 2.45) is 0 Å². The van der Waals surface area contributed by atoms with Crippen LogP contribution in [0.5, 0.6) is 0 Å². The monoisotopic (exact) mass is 346 g/mol. The highest BCUT2D eigenvalue weighted by molar-refractivity contribution is 7.98. The van der Waals surface area contributed by atoms with Crippen molar-refractivity contribution in [2.45, 2.75) is 16.4 Å². The molecule has 0 saturated heterocycles. The van der Waals surface area contributed by atoms with Crippen molar-refractivity contribution < 1.29 is 17.6 Å². The zero-order valence-corrected chi connectivity index (χ0v) is 12.9. The molecule has 0 radical (unpaired) electrons. The minimum Gasteiger partial charge on any atom is -0.232 e. The van der Waals surface area contributed by atoms with Gasteiger partial charge in [0.2, 0.25) is 0 Å². The zero-order chi connectivity index (χ0) is 16.3. The number of nitriles is 1. The van der Waals surface area contributed by atoms with Crippen LogP contribution >= 0.6 is 23.3 Å². The van der Waals surface area contributed by atoms with Crippen LogP contribution in [0.3, 0.4) is 0 Å². The van der Waals surface area contributed by atoms with Crippen LogP contribution in [0.2, 0.25) is 0 Å². The molecular weight excluding hydrogens is 336 g/mol. The molecule has 0 aliphatic rings. The highest BCUT2D eigenvalue weighted by Crippen LogP contribution is 2.42. The largest absolute Gasteiger partial charge is 0.408 e. The number of rotatable bonds is 4. The highest BCUT2D eigenvalue weighted by atomic mass is 32.2. The van der Waals surface area contributed by atoms with E-state index in [2.05, 4.69) is 0 Å². The lowest BCUT2D eigenvalue weighted by Gasteiger charge is -2.28. The van der Waals surface area contributed by atoms with E-state index in [-0.39, 0.29) is 5.56 Å². The fourth-order valence-corrected chi connectivity index (χ4v) is 3.94. The Kier molecular flexibility index (Phi) is 5.11. The topological polar surface area (TPSA) is 27.0 Å². The van der Waals surface area contributed by atoms with E-state index in [1.54, 1.807) is 12.1 Å². The number of hydrogen-bond donors (Lipinski definition) is 0. The number of alkyl halides is 3. The molecule has 2 nitrogen and oxygen atoms in total. The van der Waals surface area contributed by atoms with Crippen molar-refractivity contribution >= 4 is 23.3 Å². The maximum atomic E-state index is 13.3. The first-order chi connectivity index (χ1) is 10.3. The first kappa shape index (κ1) is 16.8. The average molecular weight is 346 g/mol. The van der Waals surface area contributed by atoms with Crippen LogP contribution in [0.4, 0.5) is 17.6 Å². The molecule has 1 aromatic heterocycles. The van der Waals surface area contributed by atoms with Gasteiger partial charge in [-0.2, -0.15) is 18.4 Å². The summed E-state index contributed by atoms with van der Waals surface area (Å²) in [5, 5.41) is 8.75. The van der Waals surface area contributed by atoms with E-state index in [0.29, 0.717) is 9.09 Å². The molecule has 0 amide bonds. The lowest BCUT2D eigenvalue weighted by Crippen LogP contribution is -2.31. The molecule has 1 atom stereocenters. The molecule has 0 aliphatic heterocycles. The number of halogens is 4. The van der Waals surface area contributed by atoms with Gasteiger partial charge in [-0.05, 0) is 48.8 Å². The predicted molar refractivity (Wildman–Crippen MR) is 77.9 cm³/mol. The van der Waals surface area contributed by atoms with E-state index >= 15 is 0 Å². The van der Waals surface area contributed by atoms with E-state index in [1.165, 1.54) is 7.05 Å². The number of nitrogens with zero attached hydrogens (tertiary/aromatic N) is 2. The van der Waals surface area contributed by atoms with Gasteiger partial charge in [0.25, 0.3) is 0 Å². The summed E-state index contributed by atoms with van der Waals surface area (Å²) in [6, 6.07) is 7.49. The maximum absolute atomic E-state index is 13.3. The molecule has 0 spiro atoms. The Hall–Kier alpha value is -1.56. The quantitative estimate of drug-likeness (QED) is 0.576. The van der Waals surface area contributed by atoms with Crippen molar-refractivity contribution in [1.29, 1.82) is 5.26 Å². The van der Waals surface area contributed by atoms with Gasteiger partial charge < -0.3 is 0 Å². The second-order valence-corrected chi connectivity index (χ2v) is 6.90. The van der Waals surface area contributed by atoms with Crippen molar-refractivity contribution in [3.63, 3.8) is 0 Å². The van der Waals surface area contributed by atoms with E-state index in [0.717, 1.165) is 51.9 Å². The first-order valence-corrected chi connectivity index (χ1v) is 7.63.